The van der Waals surface area contributed by atoms with Gasteiger partial charge >= 0.3 is 0 Å². The first-order valence-electron chi connectivity index (χ1n) is 9.98. The van der Waals surface area contributed by atoms with E-state index in [1.807, 2.05) is 12.1 Å². The van der Waals surface area contributed by atoms with E-state index < -0.39 is 0 Å². The average Bonchev–Trinajstić information content (AvgIpc) is 3.16. The second kappa shape index (κ2) is 8.22. The summed E-state index contributed by atoms with van der Waals surface area (Å²) in [6.07, 6.45) is 0. The Kier molecular flexibility index (Phi) is 5.46. The summed E-state index contributed by atoms with van der Waals surface area (Å²) < 4.78 is 24.2. The van der Waals surface area contributed by atoms with Crippen LogP contribution in [0, 0.1) is 5.82 Å². The molecule has 4 aromatic rings. The third kappa shape index (κ3) is 4.91. The van der Waals surface area contributed by atoms with Crippen LogP contribution in [0.5, 0.6) is 5.75 Å². The van der Waals surface area contributed by atoms with Gasteiger partial charge in [0.15, 0.2) is 12.2 Å². The fourth-order valence-electron chi connectivity index (χ4n) is 3.12. The minimum absolute atomic E-state index is 0.0767. The largest absolute Gasteiger partial charge is 0.484 e. The molecule has 1 heterocycles. The van der Waals surface area contributed by atoms with Crippen molar-refractivity contribution in [2.75, 3.05) is 11.9 Å². The number of anilines is 1. The molecule has 1 aromatic heterocycles. The summed E-state index contributed by atoms with van der Waals surface area (Å²) in [5.41, 5.74) is 4.06. The average molecular weight is 418 g/mol. The van der Waals surface area contributed by atoms with Crippen molar-refractivity contribution >= 4 is 22.7 Å². The van der Waals surface area contributed by atoms with Crippen molar-refractivity contribution in [3.05, 3.63) is 78.1 Å². The normalized spacial score (nSPS) is 11.5. The van der Waals surface area contributed by atoms with E-state index in [4.69, 9.17) is 9.15 Å². The van der Waals surface area contributed by atoms with Gasteiger partial charge in [0.1, 0.15) is 17.1 Å². The molecule has 1 amide bonds. The van der Waals surface area contributed by atoms with Crippen LogP contribution >= 0.6 is 0 Å². The van der Waals surface area contributed by atoms with E-state index in [9.17, 15) is 9.18 Å². The van der Waals surface area contributed by atoms with Gasteiger partial charge in [-0.25, -0.2) is 9.37 Å². The number of amides is 1. The van der Waals surface area contributed by atoms with Gasteiger partial charge in [0.25, 0.3) is 5.91 Å². The Hall–Kier alpha value is -3.67. The number of carbonyl (C=O) groups is 1. The lowest BCUT2D eigenvalue weighted by Gasteiger charge is -2.18. The number of halogens is 1. The van der Waals surface area contributed by atoms with E-state index in [0.29, 0.717) is 28.4 Å². The summed E-state index contributed by atoms with van der Waals surface area (Å²) >= 11 is 0. The van der Waals surface area contributed by atoms with Crippen LogP contribution in [0.1, 0.15) is 26.3 Å². The van der Waals surface area contributed by atoms with Crippen molar-refractivity contribution in [3.8, 4) is 17.2 Å². The van der Waals surface area contributed by atoms with Crippen LogP contribution in [0.2, 0.25) is 0 Å². The van der Waals surface area contributed by atoms with E-state index in [2.05, 4.69) is 43.2 Å². The molecule has 0 bridgehead atoms. The molecule has 0 radical (unpaired) electrons. The zero-order valence-electron chi connectivity index (χ0n) is 17.6. The summed E-state index contributed by atoms with van der Waals surface area (Å²) in [6.45, 7) is 6.32. The van der Waals surface area contributed by atoms with Gasteiger partial charge < -0.3 is 14.5 Å². The van der Waals surface area contributed by atoms with Crippen molar-refractivity contribution in [2.24, 2.45) is 0 Å². The van der Waals surface area contributed by atoms with Gasteiger partial charge in [0.2, 0.25) is 5.89 Å². The first kappa shape index (κ1) is 20.6. The number of oxazole rings is 1. The fraction of sp³-hybridized carbons (Fsp3) is 0.200. The van der Waals surface area contributed by atoms with Gasteiger partial charge in [-0.3, -0.25) is 4.79 Å². The van der Waals surface area contributed by atoms with Crippen LogP contribution in [0.25, 0.3) is 22.6 Å². The second-order valence-electron chi connectivity index (χ2n) is 8.32. The molecule has 0 aliphatic carbocycles. The Morgan fingerprint density at radius 1 is 1.03 bits per heavy atom. The molecule has 0 aliphatic heterocycles. The van der Waals surface area contributed by atoms with E-state index in [-0.39, 0.29) is 23.7 Å². The summed E-state index contributed by atoms with van der Waals surface area (Å²) in [6, 6.07) is 18.9. The maximum atomic E-state index is 12.9. The number of carbonyl (C=O) groups excluding carboxylic acids is 1. The molecular weight excluding hydrogens is 395 g/mol. The molecule has 0 aliphatic rings. The number of hydrogen-bond acceptors (Lipinski definition) is 4. The van der Waals surface area contributed by atoms with Crippen molar-refractivity contribution in [2.45, 2.75) is 26.2 Å². The zero-order chi connectivity index (χ0) is 22.0. The molecule has 0 unspecified atom stereocenters. The highest BCUT2D eigenvalue weighted by molar-refractivity contribution is 5.93. The lowest BCUT2D eigenvalue weighted by Crippen LogP contribution is -2.20. The van der Waals surface area contributed by atoms with Crippen LogP contribution in [0.3, 0.4) is 0 Å². The molecule has 6 heteroatoms. The Labute approximate surface area is 179 Å². The molecule has 0 atom stereocenters. The molecule has 31 heavy (non-hydrogen) atoms. The van der Waals surface area contributed by atoms with E-state index >= 15 is 0 Å². The molecule has 0 spiro atoms. The number of benzene rings is 3. The van der Waals surface area contributed by atoms with Crippen molar-refractivity contribution in [1.82, 2.24) is 4.98 Å². The third-order valence-electron chi connectivity index (χ3n) is 4.85. The molecule has 158 valence electrons. The summed E-state index contributed by atoms with van der Waals surface area (Å²) in [5.74, 6) is 0.255. The highest BCUT2D eigenvalue weighted by Gasteiger charge is 2.15. The molecular formula is C25H23FN2O3. The van der Waals surface area contributed by atoms with Crippen LogP contribution in [-0.4, -0.2) is 17.5 Å². The van der Waals surface area contributed by atoms with Crippen LogP contribution < -0.4 is 10.1 Å². The maximum Gasteiger partial charge on any atom is 0.262 e. The van der Waals surface area contributed by atoms with Gasteiger partial charge in [0.05, 0.1) is 0 Å². The minimum atomic E-state index is -0.360. The number of rotatable bonds is 5. The van der Waals surface area contributed by atoms with E-state index in [1.165, 1.54) is 29.8 Å². The lowest BCUT2D eigenvalue weighted by atomic mass is 9.87. The first-order valence-corrected chi connectivity index (χ1v) is 9.98. The Morgan fingerprint density at radius 2 is 1.74 bits per heavy atom. The van der Waals surface area contributed by atoms with Gasteiger partial charge in [-0.1, -0.05) is 32.9 Å². The molecule has 5 nitrogen and oxygen atoms in total. The third-order valence-corrected chi connectivity index (χ3v) is 4.85. The quantitative estimate of drug-likeness (QED) is 0.435. The second-order valence-corrected chi connectivity index (χ2v) is 8.32. The fourth-order valence-corrected chi connectivity index (χ4v) is 3.12. The predicted octanol–water partition coefficient (Wildman–Crippen LogP) is 5.95. The van der Waals surface area contributed by atoms with Gasteiger partial charge in [-0.2, -0.15) is 0 Å². The van der Waals surface area contributed by atoms with Crippen molar-refractivity contribution in [1.29, 1.82) is 0 Å². The Morgan fingerprint density at radius 3 is 2.42 bits per heavy atom. The number of ether oxygens (including phenoxy) is 1. The van der Waals surface area contributed by atoms with Crippen molar-refractivity contribution in [3.63, 3.8) is 0 Å². The molecule has 1 N–H and O–H groups in total. The number of aromatic nitrogens is 1. The van der Waals surface area contributed by atoms with E-state index in [0.717, 1.165) is 5.56 Å². The van der Waals surface area contributed by atoms with Gasteiger partial charge in [0, 0.05) is 17.3 Å². The highest BCUT2D eigenvalue weighted by Crippen LogP contribution is 2.29. The molecule has 0 fully saturated rings. The SMILES string of the molecule is CC(C)(C)c1ccc(-c2nc3ccc(NC(=O)COc4ccc(F)cc4)cc3o2)cc1. The minimum Gasteiger partial charge on any atom is -0.484 e. The van der Waals surface area contributed by atoms with Crippen LogP contribution in [0.4, 0.5) is 10.1 Å². The molecule has 4 rings (SSSR count). The molecule has 0 saturated heterocycles. The number of nitrogens with zero attached hydrogens (tertiary/aromatic N) is 1. The van der Waals surface area contributed by atoms with Gasteiger partial charge in [-0.05, 0) is 59.5 Å². The van der Waals surface area contributed by atoms with Gasteiger partial charge in [-0.15, -0.1) is 0 Å². The first-order chi connectivity index (χ1) is 14.8. The molecule has 0 saturated carbocycles. The molecule has 3 aromatic carbocycles. The Bertz CT molecular complexity index is 1210. The smallest absolute Gasteiger partial charge is 0.262 e. The van der Waals surface area contributed by atoms with Crippen LogP contribution in [0.15, 0.2) is 71.1 Å². The topological polar surface area (TPSA) is 64.4 Å². The summed E-state index contributed by atoms with van der Waals surface area (Å²) in [7, 11) is 0. The maximum absolute atomic E-state index is 12.9. The monoisotopic (exact) mass is 418 g/mol. The lowest BCUT2D eigenvalue weighted by molar-refractivity contribution is -0.118. The summed E-state index contributed by atoms with van der Waals surface area (Å²) in [4.78, 5) is 16.7. The number of fused-ring (bicyclic) bond motifs is 1. The summed E-state index contributed by atoms with van der Waals surface area (Å²) in [5, 5.41) is 2.76. The van der Waals surface area contributed by atoms with Crippen LogP contribution in [-0.2, 0) is 10.2 Å². The number of hydrogen-bond donors (Lipinski definition) is 1. The predicted molar refractivity (Wildman–Crippen MR) is 119 cm³/mol. The Balaban J connectivity index is 1.44. The van der Waals surface area contributed by atoms with E-state index in [1.54, 1.807) is 18.2 Å². The van der Waals surface area contributed by atoms with Crippen molar-refractivity contribution < 1.29 is 18.3 Å². The highest BCUT2D eigenvalue weighted by atomic mass is 19.1. The zero-order valence-corrected chi connectivity index (χ0v) is 17.6. The number of nitrogens with one attached hydrogen (secondary N) is 1. The standard InChI is InChI=1S/C25H23FN2O3/c1-25(2,3)17-6-4-16(5-7-17)24-28-21-13-10-19(14-22(21)31-24)27-23(29)15-30-20-11-8-18(26)9-12-20/h4-14H,15H2,1-3H3,(H,27,29).